The van der Waals surface area contributed by atoms with E-state index in [0.29, 0.717) is 16.8 Å². The highest BCUT2D eigenvalue weighted by atomic mass is 32.2. The maximum Gasteiger partial charge on any atom is 0.259 e. The van der Waals surface area contributed by atoms with Crippen LogP contribution in [0.1, 0.15) is 15.9 Å². The fraction of sp³-hybridized carbons (Fsp3) is 0.133. The van der Waals surface area contributed by atoms with E-state index in [4.69, 9.17) is 0 Å². The molecule has 2 aromatic carbocycles. The molecule has 108 valence electrons. The Morgan fingerprint density at radius 1 is 1.05 bits per heavy atom. The Balaban J connectivity index is 2.10. The van der Waals surface area contributed by atoms with Gasteiger partial charge in [-0.2, -0.15) is 0 Å². The van der Waals surface area contributed by atoms with Gasteiger partial charge in [-0.15, -0.1) is 0 Å². The number of para-hydroxylation sites is 1. The van der Waals surface area contributed by atoms with Gasteiger partial charge >= 0.3 is 0 Å². The lowest BCUT2D eigenvalue weighted by Crippen LogP contribution is -2.42. The van der Waals surface area contributed by atoms with Crippen molar-refractivity contribution in [2.45, 2.75) is 11.8 Å². The minimum atomic E-state index is -4.62. The van der Waals surface area contributed by atoms with Gasteiger partial charge in [0.2, 0.25) is 0 Å². The third-order valence-corrected chi connectivity index (χ3v) is 4.55. The van der Waals surface area contributed by atoms with E-state index >= 15 is 0 Å². The van der Waals surface area contributed by atoms with Crippen LogP contribution in [0, 0.1) is 0 Å². The van der Waals surface area contributed by atoms with Gasteiger partial charge in [0.1, 0.15) is 15.5 Å². The van der Waals surface area contributed by atoms with Crippen molar-refractivity contribution in [2.24, 2.45) is 0 Å². The summed E-state index contributed by atoms with van der Waals surface area (Å²) in [6, 6.07) is 15.2. The molecule has 0 aliphatic carbocycles. The zero-order valence-corrected chi connectivity index (χ0v) is 11.8. The molecule has 3 rings (SSSR count). The van der Waals surface area contributed by atoms with Crippen molar-refractivity contribution in [2.75, 3.05) is 4.90 Å². The third kappa shape index (κ3) is 2.43. The summed E-state index contributed by atoms with van der Waals surface area (Å²) in [6.45, 7) is 0. The molecular weight excluding hydrogens is 290 g/mol. The molecule has 5 nitrogen and oxygen atoms in total. The van der Waals surface area contributed by atoms with Crippen LogP contribution in [0.25, 0.3) is 0 Å². The Morgan fingerprint density at radius 2 is 1.67 bits per heavy atom. The minimum absolute atomic E-state index is 0.0284. The highest BCUT2D eigenvalue weighted by Gasteiger charge is 2.37. The molecule has 0 saturated heterocycles. The number of carbonyl (C=O) groups is 1. The van der Waals surface area contributed by atoms with Gasteiger partial charge in [0.05, 0.1) is 0 Å². The average Bonchev–Trinajstić information content (AvgIpc) is 2.87. The van der Waals surface area contributed by atoms with Crippen LogP contribution in [0.3, 0.4) is 0 Å². The summed E-state index contributed by atoms with van der Waals surface area (Å²) in [7, 11) is -4.62. The van der Waals surface area contributed by atoms with E-state index in [1.54, 1.807) is 54.6 Å². The summed E-state index contributed by atoms with van der Waals surface area (Å²) in [6.07, 6.45) is 0.0284. The van der Waals surface area contributed by atoms with E-state index < -0.39 is 21.4 Å². The second-order valence-electron chi connectivity index (χ2n) is 4.82. The Hall–Kier alpha value is -2.18. The normalized spacial score (nSPS) is 17.6. The molecule has 1 unspecified atom stereocenters. The molecule has 2 aromatic rings. The minimum Gasteiger partial charge on any atom is -0.746 e. The average molecular weight is 302 g/mol. The number of hydrogen-bond donors (Lipinski definition) is 0. The molecule has 1 aliphatic heterocycles. The molecule has 0 saturated carbocycles. The van der Waals surface area contributed by atoms with Crippen LogP contribution >= 0.6 is 0 Å². The molecular formula is C15H12NO4S-. The molecule has 0 bridgehead atoms. The van der Waals surface area contributed by atoms with Gasteiger partial charge in [0.25, 0.3) is 5.91 Å². The van der Waals surface area contributed by atoms with Crippen molar-refractivity contribution in [1.29, 1.82) is 0 Å². The summed E-state index contributed by atoms with van der Waals surface area (Å²) in [5, 5.41) is -1.39. The highest BCUT2D eigenvalue weighted by molar-refractivity contribution is 7.86. The van der Waals surface area contributed by atoms with Gasteiger partial charge in [0.15, 0.2) is 0 Å². The van der Waals surface area contributed by atoms with Crippen molar-refractivity contribution >= 4 is 21.7 Å². The highest BCUT2D eigenvalue weighted by Crippen LogP contribution is 2.35. The Morgan fingerprint density at radius 3 is 2.33 bits per heavy atom. The molecule has 0 fully saturated rings. The summed E-state index contributed by atoms with van der Waals surface area (Å²) >= 11 is 0. The Bertz CT molecular complexity index is 786. The number of nitrogens with zero attached hydrogens (tertiary/aromatic N) is 1. The molecule has 6 heteroatoms. The quantitative estimate of drug-likeness (QED) is 0.792. The SMILES string of the molecule is O=C(c1ccccc1)N1c2ccccc2CC1S(=O)(=O)[O-]. The smallest absolute Gasteiger partial charge is 0.259 e. The molecule has 0 aromatic heterocycles. The van der Waals surface area contributed by atoms with Crippen molar-refractivity contribution in [3.8, 4) is 0 Å². The number of anilines is 1. The van der Waals surface area contributed by atoms with Crippen LogP contribution in [-0.4, -0.2) is 24.3 Å². The summed E-state index contributed by atoms with van der Waals surface area (Å²) in [4.78, 5) is 13.7. The van der Waals surface area contributed by atoms with Gasteiger partial charge in [0, 0.05) is 17.7 Å². The zero-order valence-electron chi connectivity index (χ0n) is 11.0. The first-order chi connectivity index (χ1) is 9.98. The second kappa shape index (κ2) is 4.98. The van der Waals surface area contributed by atoms with Crippen molar-refractivity contribution < 1.29 is 17.8 Å². The Labute approximate surface area is 122 Å². The van der Waals surface area contributed by atoms with Crippen molar-refractivity contribution in [3.05, 3.63) is 65.7 Å². The van der Waals surface area contributed by atoms with Crippen molar-refractivity contribution in [1.82, 2.24) is 0 Å². The van der Waals surface area contributed by atoms with Crippen LogP contribution < -0.4 is 4.90 Å². The topological polar surface area (TPSA) is 77.5 Å². The summed E-state index contributed by atoms with van der Waals surface area (Å²) < 4.78 is 34.5. The molecule has 1 heterocycles. The van der Waals surface area contributed by atoms with Gasteiger partial charge in [-0.25, -0.2) is 8.42 Å². The van der Waals surface area contributed by atoms with Gasteiger partial charge < -0.3 is 4.55 Å². The Kier molecular flexibility index (Phi) is 3.27. The van der Waals surface area contributed by atoms with E-state index in [9.17, 15) is 17.8 Å². The molecule has 1 aliphatic rings. The molecule has 0 spiro atoms. The van der Waals surface area contributed by atoms with E-state index in [1.807, 2.05) is 0 Å². The van der Waals surface area contributed by atoms with Gasteiger partial charge in [-0.1, -0.05) is 36.4 Å². The van der Waals surface area contributed by atoms with Crippen molar-refractivity contribution in [3.63, 3.8) is 0 Å². The molecule has 0 radical (unpaired) electrons. The number of carbonyl (C=O) groups excluding carboxylic acids is 1. The fourth-order valence-electron chi connectivity index (χ4n) is 2.54. The van der Waals surface area contributed by atoms with Crippen LogP contribution in [0.15, 0.2) is 54.6 Å². The first kappa shape index (κ1) is 13.8. The molecule has 1 atom stereocenters. The first-order valence-corrected chi connectivity index (χ1v) is 7.87. The van der Waals surface area contributed by atoms with E-state index in [-0.39, 0.29) is 6.42 Å². The predicted molar refractivity (Wildman–Crippen MR) is 76.9 cm³/mol. The summed E-state index contributed by atoms with van der Waals surface area (Å²) in [5.41, 5.74) is 1.52. The van der Waals surface area contributed by atoms with Crippen LogP contribution in [0.4, 0.5) is 5.69 Å². The second-order valence-corrected chi connectivity index (χ2v) is 6.35. The van der Waals surface area contributed by atoms with Crippen LogP contribution in [-0.2, 0) is 16.5 Å². The molecule has 0 N–H and O–H groups in total. The fourth-order valence-corrected chi connectivity index (χ4v) is 3.40. The number of hydrogen-bond acceptors (Lipinski definition) is 4. The number of amides is 1. The largest absolute Gasteiger partial charge is 0.746 e. The maximum atomic E-state index is 12.6. The van der Waals surface area contributed by atoms with Crippen LogP contribution in [0.2, 0.25) is 0 Å². The van der Waals surface area contributed by atoms with E-state index in [2.05, 4.69) is 0 Å². The van der Waals surface area contributed by atoms with Gasteiger partial charge in [-0.05, 0) is 23.8 Å². The zero-order chi connectivity index (χ0) is 15.0. The van der Waals surface area contributed by atoms with Crippen LogP contribution in [0.5, 0.6) is 0 Å². The molecule has 1 amide bonds. The number of fused-ring (bicyclic) bond motifs is 1. The number of benzene rings is 2. The monoisotopic (exact) mass is 302 g/mol. The summed E-state index contributed by atoms with van der Waals surface area (Å²) in [5.74, 6) is -0.482. The number of rotatable bonds is 2. The van der Waals surface area contributed by atoms with Gasteiger partial charge in [-0.3, -0.25) is 9.69 Å². The lowest BCUT2D eigenvalue weighted by molar-refractivity contribution is 0.0984. The third-order valence-electron chi connectivity index (χ3n) is 3.51. The maximum absolute atomic E-state index is 12.6. The molecule has 21 heavy (non-hydrogen) atoms. The first-order valence-electron chi connectivity index (χ1n) is 6.40. The standard InChI is InChI=1S/C15H13NO4S/c17-15(11-6-2-1-3-7-11)16-13-9-5-4-8-12(13)10-14(16)21(18,19)20/h1-9,14H,10H2,(H,18,19,20)/p-1. The lowest BCUT2D eigenvalue weighted by Gasteiger charge is -2.27. The lowest BCUT2D eigenvalue weighted by atomic mass is 10.1. The van der Waals surface area contributed by atoms with E-state index in [0.717, 1.165) is 4.90 Å². The van der Waals surface area contributed by atoms with E-state index in [1.165, 1.54) is 0 Å². The predicted octanol–water partition coefficient (Wildman–Crippen LogP) is 1.76.